The first kappa shape index (κ1) is 22.0. The molecule has 0 aliphatic carbocycles. The zero-order valence-corrected chi connectivity index (χ0v) is 16.2. The third-order valence-corrected chi connectivity index (χ3v) is 4.15. The molecule has 0 spiro atoms. The van der Waals surface area contributed by atoms with E-state index in [1.54, 1.807) is 17.1 Å². The van der Waals surface area contributed by atoms with Crippen molar-refractivity contribution in [3.8, 4) is 5.75 Å². The van der Waals surface area contributed by atoms with E-state index in [1.165, 1.54) is 29.0 Å². The molecule has 0 fully saturated rings. The van der Waals surface area contributed by atoms with E-state index in [4.69, 9.17) is 0 Å². The number of aryl methyl sites for hydroxylation is 2. The highest BCUT2D eigenvalue weighted by Crippen LogP contribution is 2.23. The number of carbonyl (C=O) groups excluding carboxylic acids is 1. The van der Waals surface area contributed by atoms with Crippen molar-refractivity contribution in [2.24, 2.45) is 0 Å². The molecule has 1 aromatic carbocycles. The van der Waals surface area contributed by atoms with Crippen LogP contribution in [0.4, 0.5) is 19.0 Å². The van der Waals surface area contributed by atoms with Gasteiger partial charge in [0, 0.05) is 25.5 Å². The average Bonchev–Trinajstić information content (AvgIpc) is 3.19. The van der Waals surface area contributed by atoms with Crippen LogP contribution in [0.3, 0.4) is 0 Å². The number of nitrogens with zero attached hydrogens (tertiary/aromatic N) is 5. The minimum Gasteiger partial charge on any atom is -0.406 e. The number of hydrogen-bond acceptors (Lipinski definition) is 6. The van der Waals surface area contributed by atoms with Crippen molar-refractivity contribution >= 4 is 11.7 Å². The summed E-state index contributed by atoms with van der Waals surface area (Å²) >= 11 is 0. The lowest BCUT2D eigenvalue weighted by molar-refractivity contribution is -0.274. The first-order valence-electron chi connectivity index (χ1n) is 9.35. The van der Waals surface area contributed by atoms with Crippen LogP contribution in [0.15, 0.2) is 53.7 Å². The standard InChI is InChI=1S/C19H19F3N6O3/c20-19(21,22)31-15-5-3-4-14(12-15)13-17(29)24-16-6-10-27(18(30)25-16)8-1-2-9-28-11-7-23-26-28/h3-7,10-12H,1-2,8-9,13H2,(H,24,25,29,30). The second kappa shape index (κ2) is 9.87. The minimum absolute atomic E-state index is 0.0663. The number of benzene rings is 1. The summed E-state index contributed by atoms with van der Waals surface area (Å²) in [6.45, 7) is 1.15. The Kier molecular flexibility index (Phi) is 7.00. The highest BCUT2D eigenvalue weighted by Gasteiger charge is 2.31. The van der Waals surface area contributed by atoms with Gasteiger partial charge >= 0.3 is 12.1 Å². The fraction of sp³-hybridized carbons (Fsp3) is 0.316. The molecule has 3 aromatic rings. The smallest absolute Gasteiger partial charge is 0.406 e. The van der Waals surface area contributed by atoms with Gasteiger partial charge in [-0.25, -0.2) is 4.79 Å². The van der Waals surface area contributed by atoms with Gasteiger partial charge in [-0.1, -0.05) is 17.3 Å². The van der Waals surface area contributed by atoms with Crippen LogP contribution in [0, 0.1) is 0 Å². The van der Waals surface area contributed by atoms with Gasteiger partial charge in [-0.2, -0.15) is 4.98 Å². The van der Waals surface area contributed by atoms with Gasteiger partial charge in [0.15, 0.2) is 0 Å². The molecule has 0 aliphatic rings. The Hall–Kier alpha value is -3.70. The van der Waals surface area contributed by atoms with Crippen LogP contribution >= 0.6 is 0 Å². The molecular formula is C19H19F3N6O3. The summed E-state index contributed by atoms with van der Waals surface area (Å²) in [6, 6.07) is 6.60. The third kappa shape index (κ3) is 7.24. The second-order valence-electron chi connectivity index (χ2n) is 6.58. The molecule has 12 heteroatoms. The summed E-state index contributed by atoms with van der Waals surface area (Å²) in [5.41, 5.74) is -0.195. The Balaban J connectivity index is 1.50. The van der Waals surface area contributed by atoms with E-state index >= 15 is 0 Å². The number of aromatic nitrogens is 5. The largest absolute Gasteiger partial charge is 0.573 e. The van der Waals surface area contributed by atoms with E-state index in [-0.39, 0.29) is 12.2 Å². The highest BCUT2D eigenvalue weighted by molar-refractivity contribution is 5.91. The van der Waals surface area contributed by atoms with Gasteiger partial charge in [-0.3, -0.25) is 14.0 Å². The van der Waals surface area contributed by atoms with Crippen molar-refractivity contribution in [2.45, 2.75) is 38.7 Å². The Bertz CT molecular complexity index is 1070. The highest BCUT2D eigenvalue weighted by atomic mass is 19.4. The molecule has 0 atom stereocenters. The molecule has 2 aromatic heterocycles. The summed E-state index contributed by atoms with van der Waals surface area (Å²) in [7, 11) is 0. The lowest BCUT2D eigenvalue weighted by Crippen LogP contribution is -2.25. The average molecular weight is 436 g/mol. The zero-order valence-electron chi connectivity index (χ0n) is 16.2. The van der Waals surface area contributed by atoms with Crippen molar-refractivity contribution in [2.75, 3.05) is 5.32 Å². The normalized spacial score (nSPS) is 11.3. The van der Waals surface area contributed by atoms with Crippen molar-refractivity contribution in [1.29, 1.82) is 0 Å². The van der Waals surface area contributed by atoms with Gasteiger partial charge in [0.25, 0.3) is 0 Å². The lowest BCUT2D eigenvalue weighted by Gasteiger charge is -2.10. The molecule has 3 rings (SSSR count). The van der Waals surface area contributed by atoms with Crippen LogP contribution in [-0.2, 0) is 24.3 Å². The Morgan fingerprint density at radius 1 is 1.13 bits per heavy atom. The van der Waals surface area contributed by atoms with Crippen molar-refractivity contribution in [1.82, 2.24) is 24.5 Å². The van der Waals surface area contributed by atoms with Gasteiger partial charge in [-0.05, 0) is 36.6 Å². The summed E-state index contributed by atoms with van der Waals surface area (Å²) < 4.78 is 43.9. The van der Waals surface area contributed by atoms with Crippen LogP contribution in [0.5, 0.6) is 5.75 Å². The number of carbonyl (C=O) groups is 1. The van der Waals surface area contributed by atoms with Crippen LogP contribution in [0.1, 0.15) is 18.4 Å². The van der Waals surface area contributed by atoms with Crippen LogP contribution in [-0.4, -0.2) is 36.8 Å². The fourth-order valence-corrected chi connectivity index (χ4v) is 2.80. The molecule has 0 saturated heterocycles. The number of halogens is 3. The molecule has 0 aliphatic heterocycles. The first-order chi connectivity index (χ1) is 14.8. The number of hydrogen-bond donors (Lipinski definition) is 1. The van der Waals surface area contributed by atoms with Crippen molar-refractivity contribution < 1.29 is 22.7 Å². The van der Waals surface area contributed by atoms with E-state index in [2.05, 4.69) is 25.3 Å². The van der Waals surface area contributed by atoms with Crippen LogP contribution in [0.25, 0.3) is 0 Å². The number of unbranched alkanes of at least 4 members (excludes halogenated alkanes) is 1. The predicted octanol–water partition coefficient (Wildman–Crippen LogP) is 2.39. The van der Waals surface area contributed by atoms with E-state index in [0.29, 0.717) is 18.7 Å². The number of ether oxygens (including phenoxy) is 1. The van der Waals surface area contributed by atoms with Crippen molar-refractivity contribution in [3.63, 3.8) is 0 Å². The van der Waals surface area contributed by atoms with Crippen molar-refractivity contribution in [3.05, 3.63) is 65.0 Å². The summed E-state index contributed by atoms with van der Waals surface area (Å²) in [4.78, 5) is 28.1. The Morgan fingerprint density at radius 2 is 1.94 bits per heavy atom. The number of amides is 1. The van der Waals surface area contributed by atoms with Crippen LogP contribution < -0.4 is 15.7 Å². The molecular weight excluding hydrogens is 417 g/mol. The van der Waals surface area contributed by atoms with Gasteiger partial charge in [0.1, 0.15) is 11.6 Å². The number of alkyl halides is 3. The molecule has 1 N–H and O–H groups in total. The predicted molar refractivity (Wildman–Crippen MR) is 103 cm³/mol. The summed E-state index contributed by atoms with van der Waals surface area (Å²) in [6.07, 6.45) is 1.37. The SMILES string of the molecule is O=C(Cc1cccc(OC(F)(F)F)c1)Nc1ccn(CCCCn2ccnn2)c(=O)n1. The molecule has 0 saturated carbocycles. The van der Waals surface area contributed by atoms with E-state index < -0.39 is 23.7 Å². The molecule has 9 nitrogen and oxygen atoms in total. The maximum atomic E-state index is 12.3. The monoisotopic (exact) mass is 436 g/mol. The number of anilines is 1. The maximum Gasteiger partial charge on any atom is 0.573 e. The van der Waals surface area contributed by atoms with E-state index in [1.807, 2.05) is 0 Å². The fourth-order valence-electron chi connectivity index (χ4n) is 2.80. The molecule has 164 valence electrons. The second-order valence-corrected chi connectivity index (χ2v) is 6.58. The van der Waals surface area contributed by atoms with Gasteiger partial charge in [0.05, 0.1) is 12.6 Å². The minimum atomic E-state index is -4.81. The Labute approximate surface area is 174 Å². The molecule has 0 bridgehead atoms. The summed E-state index contributed by atoms with van der Waals surface area (Å²) in [5, 5.41) is 10.0. The molecule has 0 radical (unpaired) electrons. The molecule has 2 heterocycles. The third-order valence-electron chi connectivity index (χ3n) is 4.15. The maximum absolute atomic E-state index is 12.3. The summed E-state index contributed by atoms with van der Waals surface area (Å²) in [5.74, 6) is -0.874. The quantitative estimate of drug-likeness (QED) is 0.517. The first-order valence-corrected chi connectivity index (χ1v) is 9.35. The van der Waals surface area contributed by atoms with Crippen LogP contribution in [0.2, 0.25) is 0 Å². The van der Waals surface area contributed by atoms with Gasteiger partial charge < -0.3 is 10.1 Å². The molecule has 0 unspecified atom stereocenters. The Morgan fingerprint density at radius 3 is 2.65 bits per heavy atom. The molecule has 31 heavy (non-hydrogen) atoms. The van der Waals surface area contributed by atoms with E-state index in [9.17, 15) is 22.8 Å². The zero-order chi connectivity index (χ0) is 22.3. The van der Waals surface area contributed by atoms with E-state index in [0.717, 1.165) is 25.0 Å². The lowest BCUT2D eigenvalue weighted by atomic mass is 10.1. The number of rotatable bonds is 9. The molecule has 1 amide bonds. The number of nitrogens with one attached hydrogen (secondary N) is 1. The topological polar surface area (TPSA) is 104 Å². The van der Waals surface area contributed by atoms with Gasteiger partial charge in [-0.15, -0.1) is 18.3 Å². The van der Waals surface area contributed by atoms with Gasteiger partial charge in [0.2, 0.25) is 5.91 Å².